The molecule has 1 aromatic carbocycles. The highest BCUT2D eigenvalue weighted by Gasteiger charge is 2.29. The van der Waals surface area contributed by atoms with Crippen molar-refractivity contribution in [3.05, 3.63) is 48.7 Å². The molecule has 2 aliphatic rings. The molecule has 1 aliphatic carbocycles. The Bertz CT molecular complexity index is 1150. The molecule has 1 saturated heterocycles. The summed E-state index contributed by atoms with van der Waals surface area (Å²) in [5.74, 6) is 1.68. The molecular weight excluding hydrogens is 448 g/mol. The normalized spacial score (nSPS) is 19.8. The number of benzene rings is 1. The van der Waals surface area contributed by atoms with Crippen LogP contribution in [0, 0.1) is 0 Å². The van der Waals surface area contributed by atoms with Crippen LogP contribution in [0.3, 0.4) is 0 Å². The number of nitrogen functional groups attached to an aromatic ring is 1. The minimum Gasteiger partial charge on any atom is -0.474 e. The molecule has 1 aliphatic heterocycles. The molecule has 3 aromatic rings. The zero-order chi connectivity index (χ0) is 24.2. The average Bonchev–Trinajstić information content (AvgIpc) is 2.87. The lowest BCUT2D eigenvalue weighted by Gasteiger charge is -2.37. The Morgan fingerprint density at radius 3 is 2.57 bits per heavy atom. The van der Waals surface area contributed by atoms with Crippen LogP contribution in [0.25, 0.3) is 11.3 Å². The van der Waals surface area contributed by atoms with Crippen LogP contribution in [-0.4, -0.2) is 72.6 Å². The molecule has 3 heterocycles. The van der Waals surface area contributed by atoms with E-state index in [0.717, 1.165) is 43.1 Å². The van der Waals surface area contributed by atoms with E-state index < -0.39 is 0 Å². The van der Waals surface area contributed by atoms with Gasteiger partial charge in [-0.15, -0.1) is 10.2 Å². The lowest BCUT2D eigenvalue weighted by Crippen LogP contribution is -2.46. The van der Waals surface area contributed by atoms with Crippen molar-refractivity contribution in [1.29, 1.82) is 0 Å². The Hall–Kier alpha value is -3.63. The molecule has 2 aromatic heterocycles. The Balaban J connectivity index is 1.27. The van der Waals surface area contributed by atoms with E-state index in [9.17, 15) is 5.11 Å². The lowest BCUT2D eigenvalue weighted by molar-refractivity contribution is -0.0128. The number of nitrogens with zero attached hydrogens (tertiary/aromatic N) is 5. The van der Waals surface area contributed by atoms with E-state index in [1.54, 1.807) is 13.3 Å². The van der Waals surface area contributed by atoms with E-state index in [0.29, 0.717) is 36.0 Å². The summed E-state index contributed by atoms with van der Waals surface area (Å²) in [5, 5.41) is 18.0. The van der Waals surface area contributed by atoms with Gasteiger partial charge in [0.25, 0.3) is 0 Å². The number of piperazine rings is 1. The van der Waals surface area contributed by atoms with Crippen molar-refractivity contribution < 1.29 is 19.3 Å². The number of para-hydroxylation sites is 1. The highest BCUT2D eigenvalue weighted by atomic mass is 16.7. The first kappa shape index (κ1) is 23.1. The fourth-order valence-electron chi connectivity index (χ4n) is 4.37. The van der Waals surface area contributed by atoms with Gasteiger partial charge in [0.15, 0.2) is 12.6 Å². The van der Waals surface area contributed by atoms with Crippen molar-refractivity contribution in [2.45, 2.75) is 25.0 Å². The molecule has 2 fully saturated rings. The van der Waals surface area contributed by atoms with E-state index in [4.69, 9.17) is 19.9 Å². The second kappa shape index (κ2) is 10.3. The lowest BCUT2D eigenvalue weighted by atomic mass is 9.92. The van der Waals surface area contributed by atoms with Crippen molar-refractivity contribution in [1.82, 2.24) is 15.2 Å². The quantitative estimate of drug-likeness (QED) is 0.467. The summed E-state index contributed by atoms with van der Waals surface area (Å²) >= 11 is 0. The topological polar surface area (TPSA) is 119 Å². The van der Waals surface area contributed by atoms with Gasteiger partial charge in [-0.2, -0.15) is 0 Å². The maximum Gasteiger partial charge on any atom is 0.215 e. The first-order chi connectivity index (χ1) is 17.1. The first-order valence-electron chi connectivity index (χ1n) is 11.8. The molecule has 0 radical (unpaired) electrons. The number of aliphatic hydroxyl groups is 1. The monoisotopic (exact) mass is 478 g/mol. The molecule has 184 valence electrons. The van der Waals surface area contributed by atoms with Gasteiger partial charge in [-0.05, 0) is 24.3 Å². The molecule has 0 unspecified atom stereocenters. The summed E-state index contributed by atoms with van der Waals surface area (Å²) in [4.78, 5) is 8.87. The van der Waals surface area contributed by atoms with E-state index in [-0.39, 0.29) is 19.0 Å². The third-order valence-corrected chi connectivity index (χ3v) is 6.36. The maximum absolute atomic E-state index is 9.48. The van der Waals surface area contributed by atoms with Crippen molar-refractivity contribution in [3.8, 4) is 22.9 Å². The van der Waals surface area contributed by atoms with Crippen LogP contribution in [0.2, 0.25) is 0 Å². The van der Waals surface area contributed by atoms with Gasteiger partial charge in [0, 0.05) is 69.6 Å². The fraction of sp³-hybridized carbons (Fsp3) is 0.400. The van der Waals surface area contributed by atoms with Crippen LogP contribution < -0.4 is 25.0 Å². The van der Waals surface area contributed by atoms with Gasteiger partial charge >= 0.3 is 0 Å². The molecule has 10 nitrogen and oxygen atoms in total. The van der Waals surface area contributed by atoms with Crippen molar-refractivity contribution >= 4 is 17.2 Å². The molecule has 3 N–H and O–H groups in total. The first-order valence-corrected chi connectivity index (χ1v) is 11.8. The number of hydrogen-bond donors (Lipinski definition) is 2. The third-order valence-electron chi connectivity index (χ3n) is 6.36. The van der Waals surface area contributed by atoms with Crippen LogP contribution in [0.1, 0.15) is 12.8 Å². The van der Waals surface area contributed by atoms with Crippen molar-refractivity contribution in [2.24, 2.45) is 0 Å². The van der Waals surface area contributed by atoms with Crippen LogP contribution in [0.4, 0.5) is 17.2 Å². The number of nitrogens with two attached hydrogens (primary N) is 1. The van der Waals surface area contributed by atoms with Gasteiger partial charge in [-0.3, -0.25) is 0 Å². The smallest absolute Gasteiger partial charge is 0.215 e. The molecule has 0 spiro atoms. The Labute approximate surface area is 204 Å². The van der Waals surface area contributed by atoms with Gasteiger partial charge in [-0.1, -0.05) is 12.1 Å². The molecule has 5 rings (SSSR count). The van der Waals surface area contributed by atoms with Crippen molar-refractivity contribution in [2.75, 3.05) is 55.6 Å². The van der Waals surface area contributed by atoms with Crippen LogP contribution in [0.15, 0.2) is 48.7 Å². The molecule has 35 heavy (non-hydrogen) atoms. The number of aromatic nitrogens is 3. The SMILES string of the molecule is COCOc1ccccc1-c1cc(N2CCN(c3ccnc(OC4CC(O)C4)c3)CC2)c(N)nn1. The summed E-state index contributed by atoms with van der Waals surface area (Å²) in [6, 6.07) is 13.6. The van der Waals surface area contributed by atoms with Gasteiger partial charge in [0.1, 0.15) is 11.9 Å². The number of anilines is 3. The standard InChI is InChI=1S/C25H30N6O4/c1-33-16-34-23-5-3-2-4-20(23)21-15-22(25(26)29-28-21)31-10-8-30(9-11-31)17-6-7-27-24(12-17)35-19-13-18(32)14-19/h2-7,12,15,18-19,32H,8-11,13-14,16H2,1H3,(H2,26,29). The van der Waals surface area contributed by atoms with Crippen LogP contribution in [0.5, 0.6) is 11.6 Å². The zero-order valence-electron chi connectivity index (χ0n) is 19.7. The minimum atomic E-state index is -0.252. The fourth-order valence-corrected chi connectivity index (χ4v) is 4.37. The maximum atomic E-state index is 9.48. The summed E-state index contributed by atoms with van der Waals surface area (Å²) in [5.41, 5.74) is 9.69. The van der Waals surface area contributed by atoms with Crippen molar-refractivity contribution in [3.63, 3.8) is 0 Å². The summed E-state index contributed by atoms with van der Waals surface area (Å²) in [6.45, 7) is 3.35. The number of rotatable bonds is 8. The zero-order valence-corrected chi connectivity index (χ0v) is 19.7. The Kier molecular flexibility index (Phi) is 6.82. The Morgan fingerprint density at radius 1 is 1.03 bits per heavy atom. The summed E-state index contributed by atoms with van der Waals surface area (Å²) < 4.78 is 16.6. The third kappa shape index (κ3) is 5.23. The van der Waals surface area contributed by atoms with E-state index >= 15 is 0 Å². The van der Waals surface area contributed by atoms with Gasteiger partial charge < -0.3 is 34.9 Å². The second-order valence-corrected chi connectivity index (χ2v) is 8.74. The largest absolute Gasteiger partial charge is 0.474 e. The summed E-state index contributed by atoms with van der Waals surface area (Å²) in [7, 11) is 1.59. The highest BCUT2D eigenvalue weighted by Crippen LogP contribution is 2.33. The van der Waals surface area contributed by atoms with Gasteiger partial charge in [-0.25, -0.2) is 4.98 Å². The number of methoxy groups -OCH3 is 1. The molecule has 1 saturated carbocycles. The number of hydrogen-bond acceptors (Lipinski definition) is 10. The van der Waals surface area contributed by atoms with Crippen LogP contribution >= 0.6 is 0 Å². The van der Waals surface area contributed by atoms with E-state index in [1.165, 1.54) is 0 Å². The molecule has 10 heteroatoms. The number of ether oxygens (including phenoxy) is 3. The van der Waals surface area contributed by atoms with Gasteiger partial charge in [0.2, 0.25) is 5.88 Å². The average molecular weight is 479 g/mol. The second-order valence-electron chi connectivity index (χ2n) is 8.74. The molecule has 0 bridgehead atoms. The Morgan fingerprint density at radius 2 is 1.80 bits per heavy atom. The predicted octanol–water partition coefficient (Wildman–Crippen LogP) is 2.33. The number of aliphatic hydroxyl groups excluding tert-OH is 1. The molecule has 0 amide bonds. The molecular formula is C25H30N6O4. The van der Waals surface area contributed by atoms with E-state index in [2.05, 4.69) is 25.0 Å². The van der Waals surface area contributed by atoms with Gasteiger partial charge in [0.05, 0.1) is 17.5 Å². The highest BCUT2D eigenvalue weighted by molar-refractivity contribution is 5.74. The minimum absolute atomic E-state index is 0.0472. The summed E-state index contributed by atoms with van der Waals surface area (Å²) in [6.07, 6.45) is 2.89. The number of pyridine rings is 1. The van der Waals surface area contributed by atoms with E-state index in [1.807, 2.05) is 42.5 Å². The predicted molar refractivity (Wildman–Crippen MR) is 133 cm³/mol. The van der Waals surface area contributed by atoms with Crippen LogP contribution in [-0.2, 0) is 4.74 Å². The molecule has 0 atom stereocenters.